The average molecular weight is 380 g/mol. The van der Waals surface area contributed by atoms with Gasteiger partial charge >= 0.3 is 0 Å². The van der Waals surface area contributed by atoms with Crippen molar-refractivity contribution in [3.05, 3.63) is 25.3 Å². The molecule has 0 rings (SSSR count). The molecule has 0 saturated heterocycles. The molecular weight excluding hydrogens is 338 g/mol. The van der Waals surface area contributed by atoms with E-state index < -0.39 is 0 Å². The van der Waals surface area contributed by atoms with Crippen LogP contribution in [0.2, 0.25) is 0 Å². The summed E-state index contributed by atoms with van der Waals surface area (Å²) in [5.41, 5.74) is 0. The van der Waals surface area contributed by atoms with Crippen molar-refractivity contribution in [3.8, 4) is 0 Å². The number of hydrogen-bond donors (Lipinski definition) is 3. The van der Waals surface area contributed by atoms with Gasteiger partial charge in [0.1, 0.15) is 0 Å². The van der Waals surface area contributed by atoms with Crippen molar-refractivity contribution >= 4 is 11.8 Å². The molecule has 0 fully saturated rings. The van der Waals surface area contributed by atoms with Crippen LogP contribution in [0.3, 0.4) is 0 Å². The summed E-state index contributed by atoms with van der Waals surface area (Å²) in [7, 11) is 0. The molecule has 0 spiro atoms. The monoisotopic (exact) mass is 379 g/mol. The van der Waals surface area contributed by atoms with Crippen molar-refractivity contribution < 1.29 is 9.59 Å². The van der Waals surface area contributed by atoms with Crippen molar-refractivity contribution in [2.45, 2.75) is 77.0 Å². The van der Waals surface area contributed by atoms with Crippen LogP contribution in [0, 0.1) is 0 Å². The number of hydrogen-bond acceptors (Lipinski definition) is 3. The lowest BCUT2D eigenvalue weighted by Gasteiger charge is -2.08. The van der Waals surface area contributed by atoms with Gasteiger partial charge in [-0.05, 0) is 64.5 Å². The number of rotatable bonds is 20. The summed E-state index contributed by atoms with van der Waals surface area (Å²) in [6, 6.07) is 0. The van der Waals surface area contributed by atoms with E-state index in [-0.39, 0.29) is 11.8 Å². The van der Waals surface area contributed by atoms with Gasteiger partial charge in [0, 0.05) is 25.9 Å². The molecule has 0 atom stereocenters. The van der Waals surface area contributed by atoms with Crippen LogP contribution < -0.4 is 16.0 Å². The maximum atomic E-state index is 11.6. The van der Waals surface area contributed by atoms with E-state index in [1.165, 1.54) is 0 Å². The molecule has 0 heterocycles. The maximum Gasteiger partial charge on any atom is 0.219 e. The third kappa shape index (κ3) is 20.5. The molecule has 0 aliphatic heterocycles. The van der Waals surface area contributed by atoms with E-state index in [1.807, 2.05) is 12.2 Å². The van der Waals surface area contributed by atoms with Gasteiger partial charge in [0.15, 0.2) is 0 Å². The van der Waals surface area contributed by atoms with Crippen molar-refractivity contribution in [2.24, 2.45) is 0 Å². The average Bonchev–Trinajstić information content (AvgIpc) is 2.66. The van der Waals surface area contributed by atoms with Crippen LogP contribution in [-0.4, -0.2) is 38.0 Å². The van der Waals surface area contributed by atoms with Crippen LogP contribution in [0.1, 0.15) is 77.0 Å². The van der Waals surface area contributed by atoms with Gasteiger partial charge in [0.25, 0.3) is 0 Å². The number of nitrogens with one attached hydrogen (secondary N) is 3. The van der Waals surface area contributed by atoms with E-state index in [9.17, 15) is 9.59 Å². The quantitative estimate of drug-likeness (QED) is 0.222. The molecule has 0 radical (unpaired) electrons. The molecule has 0 saturated carbocycles. The number of carbonyl (C=O) groups is 2. The van der Waals surface area contributed by atoms with Crippen LogP contribution >= 0.6 is 0 Å². The van der Waals surface area contributed by atoms with E-state index in [4.69, 9.17) is 0 Å². The Hall–Kier alpha value is -1.62. The molecule has 3 N–H and O–H groups in total. The molecule has 0 aliphatic rings. The zero-order valence-corrected chi connectivity index (χ0v) is 17.2. The Labute approximate surface area is 166 Å². The lowest BCUT2D eigenvalue weighted by Crippen LogP contribution is -2.29. The first-order valence-electron chi connectivity index (χ1n) is 10.7. The van der Waals surface area contributed by atoms with Crippen LogP contribution in [-0.2, 0) is 9.59 Å². The van der Waals surface area contributed by atoms with Crippen LogP contribution in [0.15, 0.2) is 25.3 Å². The fraction of sp³-hybridized carbons (Fsp3) is 0.727. The summed E-state index contributed by atoms with van der Waals surface area (Å²) in [5.74, 6) is 0.307. The third-order valence-electron chi connectivity index (χ3n) is 4.33. The highest BCUT2D eigenvalue weighted by Crippen LogP contribution is 2.03. The Kier molecular flexibility index (Phi) is 19.4. The predicted octanol–water partition coefficient (Wildman–Crippen LogP) is 3.86. The van der Waals surface area contributed by atoms with Crippen LogP contribution in [0.4, 0.5) is 0 Å². The second-order valence-corrected chi connectivity index (χ2v) is 6.93. The Morgan fingerprint density at radius 1 is 0.593 bits per heavy atom. The second kappa shape index (κ2) is 20.7. The van der Waals surface area contributed by atoms with Gasteiger partial charge in [-0.25, -0.2) is 0 Å². The number of unbranched alkanes of at least 4 members (excludes halogenated alkanes) is 6. The largest absolute Gasteiger partial charge is 0.356 e. The highest BCUT2D eigenvalue weighted by atomic mass is 16.2. The fourth-order valence-electron chi connectivity index (χ4n) is 2.69. The first-order chi connectivity index (χ1) is 13.2. The summed E-state index contributed by atoms with van der Waals surface area (Å²) in [6.45, 7) is 10.6. The zero-order chi connectivity index (χ0) is 20.0. The van der Waals surface area contributed by atoms with Crippen molar-refractivity contribution in [1.82, 2.24) is 16.0 Å². The molecule has 5 nitrogen and oxygen atoms in total. The Morgan fingerprint density at radius 2 is 1.04 bits per heavy atom. The molecule has 156 valence electrons. The van der Waals surface area contributed by atoms with Gasteiger partial charge in [0.05, 0.1) is 0 Å². The molecule has 5 heteroatoms. The van der Waals surface area contributed by atoms with Crippen molar-refractivity contribution in [1.29, 1.82) is 0 Å². The Balaban J connectivity index is 3.25. The first-order valence-corrected chi connectivity index (χ1v) is 10.7. The number of carbonyl (C=O) groups excluding carboxylic acids is 2. The molecular formula is C22H41N3O2. The highest BCUT2D eigenvalue weighted by Gasteiger charge is 2.01. The zero-order valence-electron chi connectivity index (χ0n) is 17.2. The minimum atomic E-state index is 0.154. The molecule has 27 heavy (non-hydrogen) atoms. The summed E-state index contributed by atoms with van der Waals surface area (Å²) >= 11 is 0. The lowest BCUT2D eigenvalue weighted by atomic mass is 10.1. The summed E-state index contributed by atoms with van der Waals surface area (Å²) in [6.07, 6.45) is 15.4. The smallest absolute Gasteiger partial charge is 0.219 e. The van der Waals surface area contributed by atoms with Crippen molar-refractivity contribution in [3.63, 3.8) is 0 Å². The number of amides is 2. The van der Waals surface area contributed by atoms with Gasteiger partial charge in [0.2, 0.25) is 11.8 Å². The Bertz CT molecular complexity index is 361. The molecule has 0 aromatic rings. The summed E-state index contributed by atoms with van der Waals surface area (Å²) in [5, 5.41) is 9.27. The SMILES string of the molecule is C=CCCCCCC(=O)NCCCNCCCNC(=O)CCCCCC=C. The van der Waals surface area contributed by atoms with E-state index in [0.717, 1.165) is 90.4 Å². The molecule has 0 unspecified atom stereocenters. The summed E-state index contributed by atoms with van der Waals surface area (Å²) in [4.78, 5) is 23.3. The van der Waals surface area contributed by atoms with E-state index in [0.29, 0.717) is 12.8 Å². The second-order valence-electron chi connectivity index (χ2n) is 6.93. The van der Waals surface area contributed by atoms with Gasteiger partial charge in [-0.1, -0.05) is 25.0 Å². The number of allylic oxidation sites excluding steroid dienone is 2. The topological polar surface area (TPSA) is 70.2 Å². The molecule has 0 aliphatic carbocycles. The third-order valence-corrected chi connectivity index (χ3v) is 4.33. The minimum Gasteiger partial charge on any atom is -0.356 e. The highest BCUT2D eigenvalue weighted by molar-refractivity contribution is 5.76. The van der Waals surface area contributed by atoms with Gasteiger partial charge in [-0.15, -0.1) is 13.2 Å². The normalized spacial score (nSPS) is 10.4. The fourth-order valence-corrected chi connectivity index (χ4v) is 2.69. The lowest BCUT2D eigenvalue weighted by molar-refractivity contribution is -0.122. The molecule has 0 aromatic heterocycles. The van der Waals surface area contributed by atoms with Gasteiger partial charge in [-0.2, -0.15) is 0 Å². The summed E-state index contributed by atoms with van der Waals surface area (Å²) < 4.78 is 0. The first kappa shape index (κ1) is 25.4. The maximum absolute atomic E-state index is 11.6. The van der Waals surface area contributed by atoms with Crippen LogP contribution in [0.25, 0.3) is 0 Å². The van der Waals surface area contributed by atoms with E-state index in [2.05, 4.69) is 29.1 Å². The van der Waals surface area contributed by atoms with Crippen LogP contribution in [0.5, 0.6) is 0 Å². The Morgan fingerprint density at radius 3 is 1.44 bits per heavy atom. The molecule has 0 aromatic carbocycles. The van der Waals surface area contributed by atoms with Gasteiger partial charge < -0.3 is 16.0 Å². The molecule has 2 amide bonds. The minimum absolute atomic E-state index is 0.154. The van der Waals surface area contributed by atoms with Crippen molar-refractivity contribution in [2.75, 3.05) is 26.2 Å². The van der Waals surface area contributed by atoms with E-state index in [1.54, 1.807) is 0 Å². The van der Waals surface area contributed by atoms with Gasteiger partial charge in [-0.3, -0.25) is 9.59 Å². The predicted molar refractivity (Wildman–Crippen MR) is 115 cm³/mol. The standard InChI is InChI=1S/C22H41N3O2/c1-3-5-7-9-11-15-21(26)24-19-13-17-23-18-14-20-25-22(27)16-12-10-8-6-4-2/h3-4,23H,1-2,5-20H2,(H,24,26)(H,25,27). The molecule has 0 bridgehead atoms. The van der Waals surface area contributed by atoms with E-state index >= 15 is 0 Å².